The fourth-order valence-electron chi connectivity index (χ4n) is 2.08. The predicted octanol–water partition coefficient (Wildman–Crippen LogP) is 3.07. The summed E-state index contributed by atoms with van der Waals surface area (Å²) in [5.74, 6) is 0.745. The topological polar surface area (TPSA) is 73.6 Å². The van der Waals surface area contributed by atoms with Gasteiger partial charge in [0.05, 0.1) is 10.5 Å². The van der Waals surface area contributed by atoms with Crippen molar-refractivity contribution >= 4 is 11.4 Å². The van der Waals surface area contributed by atoms with Crippen molar-refractivity contribution in [3.8, 4) is 11.5 Å². The molecule has 0 saturated heterocycles. The van der Waals surface area contributed by atoms with Crippen molar-refractivity contribution in [3.05, 3.63) is 57.9 Å². The van der Waals surface area contributed by atoms with Crippen molar-refractivity contribution in [2.75, 3.05) is 12.1 Å². The van der Waals surface area contributed by atoms with E-state index >= 15 is 0 Å². The van der Waals surface area contributed by atoms with Crippen LogP contribution in [0, 0.1) is 15.9 Å². The van der Waals surface area contributed by atoms with Crippen molar-refractivity contribution in [2.45, 2.75) is 6.54 Å². The highest BCUT2D eigenvalue weighted by molar-refractivity contribution is 5.56. The van der Waals surface area contributed by atoms with Gasteiger partial charge in [0.15, 0.2) is 11.5 Å². The number of fused-ring (bicyclic) bond motifs is 1. The van der Waals surface area contributed by atoms with Gasteiger partial charge in [0.1, 0.15) is 5.82 Å². The summed E-state index contributed by atoms with van der Waals surface area (Å²) in [7, 11) is 0. The molecule has 0 bridgehead atoms. The summed E-state index contributed by atoms with van der Waals surface area (Å²) in [6.45, 7) is 0.307. The summed E-state index contributed by atoms with van der Waals surface area (Å²) in [5.41, 5.74) is 0.861. The van der Waals surface area contributed by atoms with Crippen LogP contribution in [0.2, 0.25) is 0 Å². The van der Waals surface area contributed by atoms with Crippen LogP contribution >= 0.6 is 0 Å². The number of hydrogen-bond acceptors (Lipinski definition) is 5. The number of nitro groups is 1. The zero-order chi connectivity index (χ0) is 14.8. The second-order valence-corrected chi connectivity index (χ2v) is 4.45. The third-order valence-electron chi connectivity index (χ3n) is 3.09. The highest BCUT2D eigenvalue weighted by atomic mass is 19.1. The molecule has 2 aromatic carbocycles. The summed E-state index contributed by atoms with van der Waals surface area (Å²) in [5, 5.41) is 13.9. The summed E-state index contributed by atoms with van der Waals surface area (Å²) in [6.07, 6.45) is 0. The van der Waals surface area contributed by atoms with Crippen LogP contribution in [0.25, 0.3) is 0 Å². The molecule has 0 fully saturated rings. The Morgan fingerprint density at radius 3 is 2.81 bits per heavy atom. The maximum atomic E-state index is 13.2. The van der Waals surface area contributed by atoms with Crippen molar-refractivity contribution < 1.29 is 18.8 Å². The number of nitrogens with zero attached hydrogens (tertiary/aromatic N) is 1. The van der Waals surface area contributed by atoms with Gasteiger partial charge in [0, 0.05) is 24.4 Å². The predicted molar refractivity (Wildman–Crippen MR) is 72.9 cm³/mol. The lowest BCUT2D eigenvalue weighted by Crippen LogP contribution is -2.03. The van der Waals surface area contributed by atoms with Crippen LogP contribution in [-0.4, -0.2) is 11.7 Å². The summed E-state index contributed by atoms with van der Waals surface area (Å²) >= 11 is 0. The van der Waals surface area contributed by atoms with Gasteiger partial charge >= 0.3 is 0 Å². The van der Waals surface area contributed by atoms with E-state index in [1.807, 2.05) is 0 Å². The molecule has 1 aliphatic rings. The Hall–Kier alpha value is -2.83. The molecule has 108 valence electrons. The van der Waals surface area contributed by atoms with Gasteiger partial charge in [-0.1, -0.05) is 0 Å². The molecule has 0 amide bonds. The van der Waals surface area contributed by atoms with E-state index in [0.717, 1.165) is 18.2 Å². The van der Waals surface area contributed by atoms with Crippen molar-refractivity contribution in [1.29, 1.82) is 0 Å². The van der Waals surface area contributed by atoms with E-state index in [-0.39, 0.29) is 24.6 Å². The average molecular weight is 290 g/mol. The average Bonchev–Trinajstić information content (AvgIpc) is 2.92. The Morgan fingerprint density at radius 1 is 1.19 bits per heavy atom. The number of nitro benzene ring substituents is 1. The number of anilines is 1. The quantitative estimate of drug-likeness (QED) is 0.692. The normalized spacial score (nSPS) is 12.2. The number of nitrogens with one attached hydrogen (secondary N) is 1. The summed E-state index contributed by atoms with van der Waals surface area (Å²) < 4.78 is 23.7. The van der Waals surface area contributed by atoms with Crippen molar-refractivity contribution in [3.63, 3.8) is 0 Å². The number of ether oxygens (including phenoxy) is 2. The first-order chi connectivity index (χ1) is 10.1. The summed E-state index contributed by atoms with van der Waals surface area (Å²) in [4.78, 5) is 10.4. The minimum atomic E-state index is -0.532. The molecule has 6 nitrogen and oxygen atoms in total. The van der Waals surface area contributed by atoms with Crippen LogP contribution in [0.1, 0.15) is 5.56 Å². The Labute approximate surface area is 119 Å². The van der Waals surface area contributed by atoms with Crippen molar-refractivity contribution in [2.24, 2.45) is 0 Å². The van der Waals surface area contributed by atoms with E-state index in [9.17, 15) is 14.5 Å². The Morgan fingerprint density at radius 2 is 2.00 bits per heavy atom. The molecule has 3 rings (SSSR count). The molecule has 1 heterocycles. The molecule has 0 spiro atoms. The molecule has 0 radical (unpaired) electrons. The molecule has 2 aromatic rings. The van der Waals surface area contributed by atoms with Gasteiger partial charge < -0.3 is 14.8 Å². The molecule has 0 aliphatic carbocycles. The Balaban J connectivity index is 1.78. The van der Waals surface area contributed by atoms with Crippen LogP contribution in [0.3, 0.4) is 0 Å². The maximum Gasteiger partial charge on any atom is 0.274 e. The zero-order valence-electron chi connectivity index (χ0n) is 10.8. The van der Waals surface area contributed by atoms with Gasteiger partial charge in [0.25, 0.3) is 5.69 Å². The minimum absolute atomic E-state index is 0.121. The maximum absolute atomic E-state index is 13.2. The fraction of sp³-hybridized carbons (Fsp3) is 0.143. The molecule has 1 N–H and O–H groups in total. The van der Waals surface area contributed by atoms with Gasteiger partial charge in [-0.15, -0.1) is 0 Å². The Bertz CT molecular complexity index is 705. The van der Waals surface area contributed by atoms with Gasteiger partial charge in [-0.2, -0.15) is 0 Å². The second kappa shape index (κ2) is 5.28. The number of rotatable bonds is 4. The lowest BCUT2D eigenvalue weighted by atomic mass is 10.1. The number of benzene rings is 2. The SMILES string of the molecule is O=[N+]([O-])c1ccc(F)cc1CNc1ccc2c(c1)OCO2. The van der Waals surface area contributed by atoms with Crippen LogP contribution in [-0.2, 0) is 6.54 Å². The van der Waals surface area contributed by atoms with Gasteiger partial charge in [-0.3, -0.25) is 10.1 Å². The van der Waals surface area contributed by atoms with Crippen LogP contribution in [0.5, 0.6) is 11.5 Å². The molecule has 0 unspecified atom stereocenters. The second-order valence-electron chi connectivity index (χ2n) is 4.45. The van der Waals surface area contributed by atoms with E-state index in [2.05, 4.69) is 5.32 Å². The highest BCUT2D eigenvalue weighted by Gasteiger charge is 2.16. The third kappa shape index (κ3) is 2.71. The monoisotopic (exact) mass is 290 g/mol. The van der Waals surface area contributed by atoms with Gasteiger partial charge in [-0.05, 0) is 24.3 Å². The molecule has 0 aromatic heterocycles. The molecule has 21 heavy (non-hydrogen) atoms. The smallest absolute Gasteiger partial charge is 0.274 e. The molecular formula is C14H11FN2O4. The van der Waals surface area contributed by atoms with Crippen LogP contribution < -0.4 is 14.8 Å². The van der Waals surface area contributed by atoms with E-state index in [1.54, 1.807) is 18.2 Å². The highest BCUT2D eigenvalue weighted by Crippen LogP contribution is 2.34. The minimum Gasteiger partial charge on any atom is -0.454 e. The first-order valence-electron chi connectivity index (χ1n) is 6.20. The largest absolute Gasteiger partial charge is 0.454 e. The third-order valence-corrected chi connectivity index (χ3v) is 3.09. The lowest BCUT2D eigenvalue weighted by Gasteiger charge is -2.08. The van der Waals surface area contributed by atoms with Gasteiger partial charge in [0.2, 0.25) is 6.79 Å². The first-order valence-corrected chi connectivity index (χ1v) is 6.20. The molecule has 0 atom stereocenters. The van der Waals surface area contributed by atoms with Gasteiger partial charge in [-0.25, -0.2) is 4.39 Å². The lowest BCUT2D eigenvalue weighted by molar-refractivity contribution is -0.385. The summed E-state index contributed by atoms with van der Waals surface area (Å²) in [6, 6.07) is 8.61. The van der Waals surface area contributed by atoms with E-state index in [0.29, 0.717) is 17.2 Å². The number of halogens is 1. The molecule has 1 aliphatic heterocycles. The molecular weight excluding hydrogens is 279 g/mol. The zero-order valence-corrected chi connectivity index (χ0v) is 10.8. The van der Waals surface area contributed by atoms with E-state index in [1.165, 1.54) is 0 Å². The molecule has 0 saturated carbocycles. The van der Waals surface area contributed by atoms with Crippen molar-refractivity contribution in [1.82, 2.24) is 0 Å². The van der Waals surface area contributed by atoms with E-state index < -0.39 is 10.7 Å². The fourth-order valence-corrected chi connectivity index (χ4v) is 2.08. The first kappa shape index (κ1) is 13.2. The standard InChI is InChI=1S/C14H11FN2O4/c15-10-1-3-12(17(18)19)9(5-10)7-16-11-2-4-13-14(6-11)21-8-20-13/h1-6,16H,7-8H2. The van der Waals surface area contributed by atoms with Crippen LogP contribution in [0.4, 0.5) is 15.8 Å². The molecule has 7 heteroatoms. The van der Waals surface area contributed by atoms with Crippen LogP contribution in [0.15, 0.2) is 36.4 Å². The van der Waals surface area contributed by atoms with E-state index in [4.69, 9.17) is 9.47 Å². The Kier molecular flexibility index (Phi) is 3.31. The number of hydrogen-bond donors (Lipinski definition) is 1.